The Morgan fingerprint density at radius 1 is 0.299 bits per heavy atom. The molecule has 7 aromatic rings. The van der Waals surface area contributed by atoms with Crippen LogP contribution in [0.2, 0.25) is 0 Å². The average Bonchev–Trinajstić information content (AvgIpc) is 3.92. The molecule has 0 unspecified atom stereocenters. The molecule has 0 saturated heterocycles. The molecule has 4 aliphatic heterocycles. The van der Waals surface area contributed by atoms with Crippen LogP contribution in [-0.4, -0.2) is 59.2 Å². The maximum absolute atomic E-state index is 13.8. The van der Waals surface area contributed by atoms with Crippen LogP contribution in [0, 0.1) is 6.92 Å². The van der Waals surface area contributed by atoms with Crippen LogP contribution in [0.15, 0.2) is 146 Å². The molecule has 15 nitrogen and oxygen atoms in total. The zero-order chi connectivity index (χ0) is 46.4. The molecule has 0 N–H and O–H groups in total. The van der Waals surface area contributed by atoms with Gasteiger partial charge in [-0.25, -0.2) is 14.7 Å². The molecule has 15 heteroatoms. The summed E-state index contributed by atoms with van der Waals surface area (Å²) in [5, 5.41) is 0. The molecule has 0 bridgehead atoms. The van der Waals surface area contributed by atoms with E-state index in [9.17, 15) is 38.4 Å². The minimum atomic E-state index is -0.597. The SMILES string of the molecule is Cc1ccc(N2C(=O)c3ccc(Oc4ccc5c(c4)C(=O)N(c4cccc(Oc6ccc(N7C(=O)c8ccc(Oc9ccc%10c(c9)C(=O)N(C)C%10=O)cc8C7=O)cc6)c4)C5=O)cc3C2=O)cc1. The minimum absolute atomic E-state index is 0.1000. The fourth-order valence-corrected chi connectivity index (χ4v) is 8.41. The number of fused-ring (bicyclic) bond motifs is 4. The van der Waals surface area contributed by atoms with E-state index in [1.165, 1.54) is 73.8 Å². The van der Waals surface area contributed by atoms with E-state index < -0.39 is 47.3 Å². The maximum Gasteiger partial charge on any atom is 0.266 e. The summed E-state index contributed by atoms with van der Waals surface area (Å²) >= 11 is 0. The Balaban J connectivity index is 0.757. The van der Waals surface area contributed by atoms with E-state index >= 15 is 0 Å². The predicted molar refractivity (Wildman–Crippen MR) is 240 cm³/mol. The Kier molecular flexibility index (Phi) is 9.06. The van der Waals surface area contributed by atoms with Crippen LogP contribution in [0.4, 0.5) is 17.1 Å². The Hall–Kier alpha value is -9.50. The van der Waals surface area contributed by atoms with Crippen LogP contribution in [0.1, 0.15) is 88.4 Å². The fourth-order valence-electron chi connectivity index (χ4n) is 8.41. The molecule has 0 saturated carbocycles. The third kappa shape index (κ3) is 6.51. The number of hydrogen-bond donors (Lipinski definition) is 0. The number of benzene rings is 7. The Bertz CT molecular complexity index is 3440. The summed E-state index contributed by atoms with van der Waals surface area (Å²) in [4.78, 5) is 110. The normalized spacial score (nSPS) is 14.8. The number of nitrogens with zero attached hydrogens (tertiary/aromatic N) is 4. The van der Waals surface area contributed by atoms with E-state index in [-0.39, 0.29) is 84.6 Å². The number of anilines is 3. The van der Waals surface area contributed by atoms with Crippen molar-refractivity contribution in [2.75, 3.05) is 21.7 Å². The summed E-state index contributed by atoms with van der Waals surface area (Å²) in [5.41, 5.74) is 3.37. The largest absolute Gasteiger partial charge is 0.457 e. The van der Waals surface area contributed by atoms with Gasteiger partial charge in [0.2, 0.25) is 0 Å². The first-order valence-corrected chi connectivity index (χ1v) is 20.7. The highest BCUT2D eigenvalue weighted by atomic mass is 16.5. The Morgan fingerprint density at radius 3 is 1.06 bits per heavy atom. The molecule has 0 fully saturated rings. The fraction of sp³-hybridized carbons (Fsp3) is 0.0385. The monoisotopic (exact) mass is 886 g/mol. The second-order valence-electron chi connectivity index (χ2n) is 16.0. The molecule has 0 aromatic heterocycles. The maximum atomic E-state index is 13.8. The van der Waals surface area contributed by atoms with Gasteiger partial charge in [0.1, 0.15) is 34.5 Å². The van der Waals surface area contributed by atoms with Crippen LogP contribution in [0.3, 0.4) is 0 Å². The summed E-state index contributed by atoms with van der Waals surface area (Å²) in [6, 6.07) is 37.6. The lowest BCUT2D eigenvalue weighted by Crippen LogP contribution is -2.29. The quantitative estimate of drug-likeness (QED) is 0.126. The van der Waals surface area contributed by atoms with E-state index in [2.05, 4.69) is 0 Å². The van der Waals surface area contributed by atoms with Crippen molar-refractivity contribution < 1.29 is 52.6 Å². The number of carbonyl (C=O) groups is 8. The summed E-state index contributed by atoms with van der Waals surface area (Å²) in [7, 11) is 1.40. The molecule has 4 heterocycles. The zero-order valence-electron chi connectivity index (χ0n) is 35.1. The summed E-state index contributed by atoms with van der Waals surface area (Å²) in [6.45, 7) is 1.91. The van der Waals surface area contributed by atoms with Gasteiger partial charge in [0.05, 0.1) is 61.6 Å². The predicted octanol–water partition coefficient (Wildman–Crippen LogP) is 9.00. The van der Waals surface area contributed by atoms with Crippen molar-refractivity contribution in [3.05, 3.63) is 196 Å². The standard InChI is InChI=1S/C52H30N4O11/c1-27-6-8-28(9-7-27)54-47(59)38-19-16-35(25-42(38)50(54)62)67-36-17-21-40-44(26-36)52(64)56(49(40)61)30-4-3-5-32(22-30)65-31-12-10-29(11-13-31)55-48(60)39-20-15-34(24-43(39)51(55)63)66-33-14-18-37-41(23-33)46(58)53(2)45(37)57/h3-26H,1-2H3. The van der Waals surface area contributed by atoms with Gasteiger partial charge in [-0.1, -0.05) is 23.8 Å². The van der Waals surface area contributed by atoms with Crippen molar-refractivity contribution in [1.82, 2.24) is 4.90 Å². The molecule has 4 aliphatic rings. The molecule has 7 aromatic carbocycles. The topological polar surface area (TPSA) is 177 Å². The van der Waals surface area contributed by atoms with Gasteiger partial charge in [-0.05, 0) is 128 Å². The van der Waals surface area contributed by atoms with Crippen LogP contribution in [0.25, 0.3) is 0 Å². The Labute approximate surface area is 379 Å². The highest BCUT2D eigenvalue weighted by Gasteiger charge is 2.40. The highest BCUT2D eigenvalue weighted by molar-refractivity contribution is 6.36. The van der Waals surface area contributed by atoms with Gasteiger partial charge < -0.3 is 14.2 Å². The number of carbonyl (C=O) groups excluding carboxylic acids is 8. The lowest BCUT2D eigenvalue weighted by atomic mass is 10.1. The van der Waals surface area contributed by atoms with E-state index in [1.54, 1.807) is 66.7 Å². The van der Waals surface area contributed by atoms with Crippen molar-refractivity contribution in [3.8, 4) is 34.5 Å². The number of amides is 8. The van der Waals surface area contributed by atoms with Gasteiger partial charge in [-0.2, -0.15) is 0 Å². The smallest absolute Gasteiger partial charge is 0.266 e. The van der Waals surface area contributed by atoms with Crippen molar-refractivity contribution in [1.29, 1.82) is 0 Å². The second-order valence-corrected chi connectivity index (χ2v) is 16.0. The number of aryl methyl sites for hydroxylation is 1. The molecule has 0 radical (unpaired) electrons. The summed E-state index contributed by atoms with van der Waals surface area (Å²) < 4.78 is 18.1. The van der Waals surface area contributed by atoms with E-state index in [0.29, 0.717) is 11.4 Å². The molecule has 0 spiro atoms. The van der Waals surface area contributed by atoms with Crippen molar-refractivity contribution >= 4 is 64.3 Å². The molecule has 324 valence electrons. The van der Waals surface area contributed by atoms with Crippen LogP contribution in [0.5, 0.6) is 34.5 Å². The van der Waals surface area contributed by atoms with Crippen molar-refractivity contribution in [3.63, 3.8) is 0 Å². The molecule has 8 amide bonds. The van der Waals surface area contributed by atoms with Crippen LogP contribution in [-0.2, 0) is 0 Å². The summed E-state index contributed by atoms with van der Waals surface area (Å²) in [6.07, 6.45) is 0. The number of imide groups is 4. The first-order valence-electron chi connectivity index (χ1n) is 20.7. The van der Waals surface area contributed by atoms with Gasteiger partial charge in [0.25, 0.3) is 47.3 Å². The van der Waals surface area contributed by atoms with E-state index in [0.717, 1.165) is 25.2 Å². The molecule has 0 atom stereocenters. The Morgan fingerprint density at radius 2 is 0.612 bits per heavy atom. The second kappa shape index (κ2) is 15.1. The van der Waals surface area contributed by atoms with Gasteiger partial charge in [-0.15, -0.1) is 0 Å². The average molecular weight is 887 g/mol. The number of hydrogen-bond acceptors (Lipinski definition) is 11. The lowest BCUT2D eigenvalue weighted by molar-refractivity contribution is 0.0690. The van der Waals surface area contributed by atoms with Gasteiger partial charge >= 0.3 is 0 Å². The highest BCUT2D eigenvalue weighted by Crippen LogP contribution is 2.38. The zero-order valence-corrected chi connectivity index (χ0v) is 35.1. The first kappa shape index (κ1) is 40.3. The van der Waals surface area contributed by atoms with E-state index in [1.807, 2.05) is 19.1 Å². The molecular weight excluding hydrogens is 857 g/mol. The van der Waals surface area contributed by atoms with Crippen LogP contribution >= 0.6 is 0 Å². The lowest BCUT2D eigenvalue weighted by Gasteiger charge is -2.16. The molecule has 67 heavy (non-hydrogen) atoms. The van der Waals surface area contributed by atoms with Gasteiger partial charge in [0, 0.05) is 13.1 Å². The third-order valence-corrected chi connectivity index (χ3v) is 11.8. The minimum Gasteiger partial charge on any atom is -0.457 e. The number of rotatable bonds is 9. The molecule has 0 aliphatic carbocycles. The summed E-state index contributed by atoms with van der Waals surface area (Å²) in [5.74, 6) is -2.45. The number of ether oxygens (including phenoxy) is 3. The molecular formula is C52H30N4O11. The van der Waals surface area contributed by atoms with E-state index in [4.69, 9.17) is 14.2 Å². The van der Waals surface area contributed by atoms with Crippen molar-refractivity contribution in [2.45, 2.75) is 6.92 Å². The first-order chi connectivity index (χ1) is 32.3. The van der Waals surface area contributed by atoms with Gasteiger partial charge in [0.15, 0.2) is 0 Å². The third-order valence-electron chi connectivity index (χ3n) is 11.8. The molecule has 11 rings (SSSR count). The van der Waals surface area contributed by atoms with Gasteiger partial charge in [-0.3, -0.25) is 43.3 Å². The van der Waals surface area contributed by atoms with Crippen molar-refractivity contribution in [2.24, 2.45) is 0 Å². The van der Waals surface area contributed by atoms with Crippen LogP contribution < -0.4 is 28.9 Å².